The molecule has 1 aromatic rings. The second kappa shape index (κ2) is 6.60. The van der Waals surface area contributed by atoms with Crippen molar-refractivity contribution in [2.45, 2.75) is 0 Å². The monoisotopic (exact) mass is 198 g/mol. The summed E-state index contributed by atoms with van der Waals surface area (Å²) in [7, 11) is 0. The van der Waals surface area contributed by atoms with Crippen LogP contribution in [0.3, 0.4) is 0 Å². The average molecular weight is 198 g/mol. The number of hydrogen-bond acceptors (Lipinski definition) is 3. The molecule has 1 aromatic carbocycles. The molecule has 72 valence electrons. The zero-order valence-corrected chi connectivity index (χ0v) is 6.39. The van der Waals surface area contributed by atoms with E-state index in [0.717, 1.165) is 18.2 Å². The Bertz CT molecular complexity index is 377. The van der Waals surface area contributed by atoms with Gasteiger partial charge in [-0.15, -0.1) is 0 Å². The Morgan fingerprint density at radius 1 is 1.00 bits per heavy atom. The molecule has 0 atom stereocenters. The van der Waals surface area contributed by atoms with Crippen molar-refractivity contribution in [2.75, 3.05) is 0 Å². The normalized spacial score (nSPS) is 8.27. The summed E-state index contributed by atoms with van der Waals surface area (Å²) in [5.41, 5.74) is -0.465. The Labute approximate surface area is 109 Å². The van der Waals surface area contributed by atoms with Crippen LogP contribution in [0.15, 0.2) is 18.2 Å². The first kappa shape index (κ1) is 16.6. The molecule has 0 aliphatic heterocycles. The van der Waals surface area contributed by atoms with Crippen LogP contribution in [0.1, 0.15) is 20.7 Å². The molecule has 0 heterocycles. The quantitative estimate of drug-likeness (QED) is 0.556. The van der Waals surface area contributed by atoms with Gasteiger partial charge in [0.25, 0.3) is 0 Å². The second-order valence-electron chi connectivity index (χ2n) is 2.34. The number of aromatic hydroxyl groups is 1. The Hall–Kier alpha value is -0.845. The van der Waals surface area contributed by atoms with Gasteiger partial charge < -0.3 is 15.3 Å². The van der Waals surface area contributed by atoms with Crippen LogP contribution in [0.5, 0.6) is 5.75 Å². The Morgan fingerprint density at radius 2 is 1.53 bits per heavy atom. The zero-order valence-electron chi connectivity index (χ0n) is 6.39. The maximum absolute atomic E-state index is 10.4. The number of benzene rings is 1. The minimum absolute atomic E-state index is 0. The van der Waals surface area contributed by atoms with Gasteiger partial charge in [-0.3, -0.25) is 0 Å². The van der Waals surface area contributed by atoms with Gasteiger partial charge in [0.2, 0.25) is 0 Å². The van der Waals surface area contributed by atoms with Gasteiger partial charge in [0.15, 0.2) is 0 Å². The van der Waals surface area contributed by atoms with E-state index in [1.807, 2.05) is 0 Å². The van der Waals surface area contributed by atoms with Gasteiger partial charge in [0, 0.05) is 0 Å². The van der Waals surface area contributed by atoms with Crippen molar-refractivity contribution in [3.63, 3.8) is 0 Å². The first-order valence-electron chi connectivity index (χ1n) is 3.32. The Kier molecular flexibility index (Phi) is 7.30. The summed E-state index contributed by atoms with van der Waals surface area (Å²) in [6, 6.07) is 3.05. The summed E-state index contributed by atoms with van der Waals surface area (Å²) in [6.07, 6.45) is 0. The molecule has 15 heavy (non-hydrogen) atoms. The molecule has 0 fully saturated rings. The van der Waals surface area contributed by atoms with Gasteiger partial charge >= 0.3 is 49.7 Å². The SMILES string of the molecule is O=C(O)c1ccc(C(=O)O)c(O)c1.[LiH].[LiH]. The molecule has 0 bridgehead atoms. The molecule has 0 radical (unpaired) electrons. The van der Waals surface area contributed by atoms with Gasteiger partial charge in [-0.2, -0.15) is 0 Å². The van der Waals surface area contributed by atoms with E-state index in [1.165, 1.54) is 0 Å². The third kappa shape index (κ3) is 4.03. The molecule has 5 nitrogen and oxygen atoms in total. The van der Waals surface area contributed by atoms with Crippen LogP contribution in [0, 0.1) is 0 Å². The fraction of sp³-hybridized carbons (Fsp3) is 0. The van der Waals surface area contributed by atoms with Crippen LogP contribution in [0.2, 0.25) is 0 Å². The molecule has 3 N–H and O–H groups in total. The number of rotatable bonds is 2. The van der Waals surface area contributed by atoms with Gasteiger partial charge in [0.05, 0.1) is 5.56 Å². The molecule has 0 amide bonds. The van der Waals surface area contributed by atoms with Crippen LogP contribution in [0.25, 0.3) is 0 Å². The minimum atomic E-state index is -1.30. The first-order valence-corrected chi connectivity index (χ1v) is 3.32. The molecule has 7 heteroatoms. The summed E-state index contributed by atoms with van der Waals surface area (Å²) in [6.45, 7) is 0. The van der Waals surface area contributed by atoms with Gasteiger partial charge in [-0.05, 0) is 18.2 Å². The molecule has 0 aromatic heterocycles. The van der Waals surface area contributed by atoms with Crippen LogP contribution in [0.4, 0.5) is 0 Å². The van der Waals surface area contributed by atoms with Crippen LogP contribution in [-0.2, 0) is 0 Å². The van der Waals surface area contributed by atoms with E-state index < -0.39 is 17.7 Å². The van der Waals surface area contributed by atoms with E-state index in [9.17, 15) is 9.59 Å². The number of carboxylic acid groups (broad SMARTS) is 2. The van der Waals surface area contributed by atoms with E-state index in [0.29, 0.717) is 0 Å². The third-order valence-electron chi connectivity index (χ3n) is 1.48. The molecule has 1 rings (SSSR count). The third-order valence-corrected chi connectivity index (χ3v) is 1.48. The van der Waals surface area contributed by atoms with Crippen molar-refractivity contribution in [1.82, 2.24) is 0 Å². The number of carboxylic acids is 2. The van der Waals surface area contributed by atoms with Crippen molar-refractivity contribution in [2.24, 2.45) is 0 Å². The number of aromatic carboxylic acids is 2. The number of carbonyl (C=O) groups is 2. The summed E-state index contributed by atoms with van der Waals surface area (Å²) in [4.78, 5) is 20.8. The van der Waals surface area contributed by atoms with E-state index in [2.05, 4.69) is 0 Å². The maximum atomic E-state index is 10.4. The van der Waals surface area contributed by atoms with Crippen LogP contribution < -0.4 is 0 Å². The van der Waals surface area contributed by atoms with Gasteiger partial charge in [-0.1, -0.05) is 0 Å². The van der Waals surface area contributed by atoms with Crippen molar-refractivity contribution in [3.8, 4) is 5.75 Å². The van der Waals surface area contributed by atoms with Crippen molar-refractivity contribution < 1.29 is 24.9 Å². The molecule has 0 spiro atoms. The molecular formula is C8H8Li2O5. The zero-order chi connectivity index (χ0) is 10.0. The molecule has 0 saturated heterocycles. The van der Waals surface area contributed by atoms with E-state index >= 15 is 0 Å². The van der Waals surface area contributed by atoms with E-state index in [1.54, 1.807) is 0 Å². The first-order chi connectivity index (χ1) is 6.02. The number of phenols is 1. The molecule has 0 saturated carbocycles. The Morgan fingerprint density at radius 3 is 1.87 bits per heavy atom. The summed E-state index contributed by atoms with van der Waals surface area (Å²) < 4.78 is 0. The van der Waals surface area contributed by atoms with Crippen LogP contribution in [-0.4, -0.2) is 65.0 Å². The van der Waals surface area contributed by atoms with E-state index in [-0.39, 0.29) is 48.8 Å². The summed E-state index contributed by atoms with van der Waals surface area (Å²) in [5.74, 6) is -3.06. The van der Waals surface area contributed by atoms with Crippen molar-refractivity contribution in [3.05, 3.63) is 29.3 Å². The number of hydrogen-bond donors (Lipinski definition) is 3. The molecule has 0 aliphatic rings. The average Bonchev–Trinajstić information content (AvgIpc) is 2.03. The molecular weight excluding hydrogens is 190 g/mol. The van der Waals surface area contributed by atoms with Gasteiger partial charge in [0.1, 0.15) is 11.3 Å². The Balaban J connectivity index is 0. The second-order valence-corrected chi connectivity index (χ2v) is 2.34. The van der Waals surface area contributed by atoms with Crippen molar-refractivity contribution in [1.29, 1.82) is 0 Å². The fourth-order valence-electron chi connectivity index (χ4n) is 0.846. The predicted molar refractivity (Wildman–Crippen MR) is 56.3 cm³/mol. The summed E-state index contributed by atoms with van der Waals surface area (Å²) >= 11 is 0. The topological polar surface area (TPSA) is 94.8 Å². The standard InChI is InChI=1S/C8H6O5.2Li.2H/c9-6-3-4(7(10)11)1-2-5(6)8(12)13;;;;/h1-3,9H,(H,10,11)(H,12,13);;;;. The van der Waals surface area contributed by atoms with Crippen LogP contribution >= 0.6 is 0 Å². The van der Waals surface area contributed by atoms with Crippen molar-refractivity contribution >= 4 is 49.7 Å². The summed E-state index contributed by atoms with van der Waals surface area (Å²) in [5, 5.41) is 26.0. The van der Waals surface area contributed by atoms with Gasteiger partial charge in [-0.25, -0.2) is 9.59 Å². The predicted octanol–water partition coefficient (Wildman–Crippen LogP) is -0.508. The van der Waals surface area contributed by atoms with E-state index in [4.69, 9.17) is 15.3 Å². The molecule has 0 unspecified atom stereocenters. The fourth-order valence-corrected chi connectivity index (χ4v) is 0.846. The molecule has 0 aliphatic carbocycles.